The van der Waals surface area contributed by atoms with E-state index in [1.165, 1.54) is 0 Å². The van der Waals surface area contributed by atoms with Crippen LogP contribution in [0.2, 0.25) is 0 Å². The molecule has 1 aromatic heterocycles. The third kappa shape index (κ3) is 3.41. The highest BCUT2D eigenvalue weighted by Crippen LogP contribution is 2.42. The molecule has 0 saturated carbocycles. The second-order valence-corrected chi connectivity index (χ2v) is 7.42. The van der Waals surface area contributed by atoms with Crippen LogP contribution < -0.4 is 15.8 Å². The van der Waals surface area contributed by atoms with Gasteiger partial charge in [-0.05, 0) is 48.9 Å². The summed E-state index contributed by atoms with van der Waals surface area (Å²) in [6, 6.07) is 5.52. The van der Waals surface area contributed by atoms with E-state index in [9.17, 15) is 18.0 Å². The summed E-state index contributed by atoms with van der Waals surface area (Å²) >= 11 is 0. The number of hydrogen-bond donors (Lipinski definition) is 3. The number of anilines is 1. The zero-order valence-corrected chi connectivity index (χ0v) is 15.2. The minimum absolute atomic E-state index is 0.0109. The zero-order valence-electron chi connectivity index (χ0n) is 15.2. The largest absolute Gasteiger partial charge is 0.494 e. The molecule has 1 aliphatic heterocycles. The van der Waals surface area contributed by atoms with E-state index in [0.29, 0.717) is 17.7 Å². The summed E-state index contributed by atoms with van der Waals surface area (Å²) in [5, 5.41) is 9.93. The van der Waals surface area contributed by atoms with E-state index in [2.05, 4.69) is 15.5 Å². The molecule has 2 aliphatic rings. The van der Waals surface area contributed by atoms with Crippen molar-refractivity contribution in [2.75, 3.05) is 12.3 Å². The van der Waals surface area contributed by atoms with Crippen molar-refractivity contribution in [1.29, 1.82) is 0 Å². The molecular formula is C19H21F3N4O2. The topological polar surface area (TPSA) is 93.0 Å². The predicted molar refractivity (Wildman–Crippen MR) is 96.0 cm³/mol. The molecule has 28 heavy (non-hydrogen) atoms. The van der Waals surface area contributed by atoms with Gasteiger partial charge in [0.15, 0.2) is 5.82 Å². The lowest BCUT2D eigenvalue weighted by Gasteiger charge is -2.42. The summed E-state index contributed by atoms with van der Waals surface area (Å²) < 4.78 is 42.2. The van der Waals surface area contributed by atoms with E-state index in [-0.39, 0.29) is 24.8 Å². The Labute approximate surface area is 159 Å². The van der Waals surface area contributed by atoms with Crippen LogP contribution in [0, 0.1) is 0 Å². The maximum absolute atomic E-state index is 12.6. The Bertz CT molecular complexity index is 909. The molecule has 0 fully saturated rings. The van der Waals surface area contributed by atoms with Gasteiger partial charge in [-0.3, -0.25) is 9.89 Å². The number of nitrogens with one attached hydrogen (secondary N) is 2. The van der Waals surface area contributed by atoms with Crippen LogP contribution in [0.3, 0.4) is 0 Å². The Morgan fingerprint density at radius 3 is 2.93 bits per heavy atom. The minimum atomic E-state index is -4.17. The first kappa shape index (κ1) is 18.6. The number of halogens is 3. The number of nitrogens with zero attached hydrogens (tertiary/aromatic N) is 1. The fourth-order valence-electron chi connectivity index (χ4n) is 4.23. The van der Waals surface area contributed by atoms with Gasteiger partial charge in [0.25, 0.3) is 5.91 Å². The number of benzene rings is 1. The Morgan fingerprint density at radius 1 is 1.32 bits per heavy atom. The first-order chi connectivity index (χ1) is 13.3. The fraction of sp³-hybridized carbons (Fsp3) is 0.474. The van der Waals surface area contributed by atoms with Gasteiger partial charge in [-0.2, -0.15) is 18.3 Å². The fourth-order valence-corrected chi connectivity index (χ4v) is 4.23. The van der Waals surface area contributed by atoms with Crippen LogP contribution in [-0.4, -0.2) is 28.9 Å². The molecule has 2 aromatic rings. The number of nitrogen functional groups attached to an aromatic ring is 1. The predicted octanol–water partition coefficient (Wildman–Crippen LogP) is 3.23. The highest BCUT2D eigenvalue weighted by molar-refractivity contribution is 6.01. The van der Waals surface area contributed by atoms with Crippen LogP contribution in [-0.2, 0) is 18.4 Å². The van der Waals surface area contributed by atoms with Gasteiger partial charge >= 0.3 is 6.18 Å². The first-order valence-corrected chi connectivity index (χ1v) is 9.26. The lowest BCUT2D eigenvalue weighted by Crippen LogP contribution is -2.52. The maximum atomic E-state index is 12.6. The van der Waals surface area contributed by atoms with Gasteiger partial charge in [-0.1, -0.05) is 6.07 Å². The van der Waals surface area contributed by atoms with Crippen molar-refractivity contribution < 1.29 is 22.7 Å². The number of aromatic nitrogens is 2. The second-order valence-electron chi connectivity index (χ2n) is 7.42. The number of nitrogens with two attached hydrogens (primary N) is 1. The highest BCUT2D eigenvalue weighted by atomic mass is 19.4. The van der Waals surface area contributed by atoms with Gasteiger partial charge in [0, 0.05) is 12.8 Å². The molecule has 1 aromatic carbocycles. The van der Waals surface area contributed by atoms with Crippen LogP contribution in [0.1, 0.15) is 52.9 Å². The second kappa shape index (κ2) is 6.72. The molecule has 4 N–H and O–H groups in total. The Morgan fingerprint density at radius 2 is 2.14 bits per heavy atom. The normalized spacial score (nSPS) is 21.2. The molecule has 2 heterocycles. The van der Waals surface area contributed by atoms with Gasteiger partial charge in [0.2, 0.25) is 0 Å². The van der Waals surface area contributed by atoms with Crippen molar-refractivity contribution in [3.63, 3.8) is 0 Å². The van der Waals surface area contributed by atoms with Gasteiger partial charge in [0.05, 0.1) is 17.8 Å². The number of aryl methyl sites for hydroxylation is 1. The number of fused-ring (bicyclic) bond motifs is 3. The van der Waals surface area contributed by atoms with Crippen molar-refractivity contribution in [3.05, 3.63) is 40.6 Å². The summed E-state index contributed by atoms with van der Waals surface area (Å²) in [6.07, 6.45) is -2.05. The van der Waals surface area contributed by atoms with Crippen molar-refractivity contribution in [1.82, 2.24) is 15.5 Å². The molecule has 1 atom stereocenters. The van der Waals surface area contributed by atoms with Crippen molar-refractivity contribution in [2.45, 2.75) is 50.2 Å². The number of carbonyl (C=O) groups excluding carboxylic acids is 1. The van der Waals surface area contributed by atoms with Crippen LogP contribution in [0.25, 0.3) is 0 Å². The van der Waals surface area contributed by atoms with Gasteiger partial charge in [-0.25, -0.2) is 0 Å². The number of alkyl halides is 3. The Kier molecular flexibility index (Phi) is 4.47. The minimum Gasteiger partial charge on any atom is -0.494 e. The quantitative estimate of drug-likeness (QED) is 0.694. The highest BCUT2D eigenvalue weighted by Gasteiger charge is 2.44. The number of carbonyl (C=O) groups is 1. The monoisotopic (exact) mass is 394 g/mol. The van der Waals surface area contributed by atoms with Crippen molar-refractivity contribution >= 4 is 11.7 Å². The summed E-state index contributed by atoms with van der Waals surface area (Å²) in [6.45, 7) is 0.0109. The molecule has 1 aliphatic carbocycles. The average Bonchev–Trinajstić information content (AvgIpc) is 2.99. The number of hydrogen-bond acceptors (Lipinski definition) is 4. The van der Waals surface area contributed by atoms with Gasteiger partial charge in [0.1, 0.15) is 11.3 Å². The smallest absolute Gasteiger partial charge is 0.389 e. The maximum Gasteiger partial charge on any atom is 0.389 e. The molecule has 0 bridgehead atoms. The van der Waals surface area contributed by atoms with Crippen molar-refractivity contribution in [3.8, 4) is 5.75 Å². The molecule has 9 heteroatoms. The van der Waals surface area contributed by atoms with Crippen LogP contribution in [0.4, 0.5) is 19.0 Å². The average molecular weight is 394 g/mol. The third-order valence-corrected chi connectivity index (χ3v) is 5.44. The van der Waals surface area contributed by atoms with Crippen LogP contribution >= 0.6 is 0 Å². The van der Waals surface area contributed by atoms with Crippen LogP contribution in [0.15, 0.2) is 18.2 Å². The number of H-pyrrole nitrogens is 1. The van der Waals surface area contributed by atoms with E-state index in [0.717, 1.165) is 36.1 Å². The molecular weight excluding hydrogens is 373 g/mol. The van der Waals surface area contributed by atoms with E-state index in [1.54, 1.807) is 6.07 Å². The zero-order chi connectivity index (χ0) is 19.9. The Hall–Kier alpha value is -2.71. The molecule has 6 nitrogen and oxygen atoms in total. The molecule has 1 spiro atoms. The van der Waals surface area contributed by atoms with E-state index in [4.69, 9.17) is 10.5 Å². The summed E-state index contributed by atoms with van der Waals surface area (Å²) in [5.74, 6) is 0.500. The van der Waals surface area contributed by atoms with Gasteiger partial charge < -0.3 is 15.8 Å². The lowest BCUT2D eigenvalue weighted by molar-refractivity contribution is -0.136. The molecule has 0 saturated heterocycles. The molecule has 4 rings (SSSR count). The summed E-state index contributed by atoms with van der Waals surface area (Å²) in [5.41, 5.74) is 8.42. The number of ether oxygens (including phenoxy) is 1. The molecule has 0 radical (unpaired) electrons. The third-order valence-electron chi connectivity index (χ3n) is 5.44. The first-order valence-electron chi connectivity index (χ1n) is 9.26. The van der Waals surface area contributed by atoms with E-state index in [1.807, 2.05) is 12.1 Å². The Balaban J connectivity index is 1.53. The van der Waals surface area contributed by atoms with E-state index >= 15 is 0 Å². The summed E-state index contributed by atoms with van der Waals surface area (Å²) in [4.78, 5) is 12.6. The number of amides is 1. The molecule has 1 amide bonds. The molecule has 0 unspecified atom stereocenters. The summed E-state index contributed by atoms with van der Waals surface area (Å²) in [7, 11) is 0. The van der Waals surface area contributed by atoms with Gasteiger partial charge in [-0.15, -0.1) is 0 Å². The van der Waals surface area contributed by atoms with Crippen molar-refractivity contribution in [2.24, 2.45) is 0 Å². The van der Waals surface area contributed by atoms with Crippen LogP contribution in [0.5, 0.6) is 5.75 Å². The molecule has 150 valence electrons. The SMILES string of the molecule is Nc1n[nH]c2c1C(=O)N[C@@]1(CCCc3cc(OCCCC(F)(F)F)ccc31)C2. The van der Waals surface area contributed by atoms with E-state index < -0.39 is 18.1 Å². The number of aromatic amines is 1. The standard InChI is InChI=1S/C19H21F3N4O2/c20-19(21,22)7-2-8-28-12-4-5-13-11(9-12)3-1-6-18(13)10-14-15(17(27)24-18)16(23)26-25-14/h4-5,9H,1-3,6-8,10H2,(H,24,27)(H3,23,25,26)/t18-/m0/s1. The lowest BCUT2D eigenvalue weighted by atomic mass is 9.72. The number of rotatable bonds is 4.